The molecule has 0 saturated heterocycles. The summed E-state index contributed by atoms with van der Waals surface area (Å²) in [5.41, 5.74) is 0.237. The van der Waals surface area contributed by atoms with Crippen LogP contribution in [0, 0.1) is 0 Å². The predicted octanol–water partition coefficient (Wildman–Crippen LogP) is 0.582. The number of primary sulfonamides is 1. The Balaban J connectivity index is 0.000000223. The second-order valence-electron chi connectivity index (χ2n) is 5.11. The highest BCUT2D eigenvalue weighted by Gasteiger charge is 2.26. The molecular weight excluding hydrogens is 442 g/mol. The fraction of sp³-hybridized carbons (Fsp3) is 0.0769. The van der Waals surface area contributed by atoms with Crippen molar-refractivity contribution in [2.45, 2.75) is 14.7 Å². The first-order chi connectivity index (χ1) is 12.3. The zero-order valence-electron chi connectivity index (χ0n) is 13.3. The van der Waals surface area contributed by atoms with Crippen molar-refractivity contribution in [1.82, 2.24) is 4.72 Å². The smallest absolute Gasteiger partial charge is 0.294 e. The van der Waals surface area contributed by atoms with Gasteiger partial charge in [-0.2, -0.15) is 13.1 Å². The molecule has 1 heterocycles. The van der Waals surface area contributed by atoms with Crippen molar-refractivity contribution in [2.75, 3.05) is 12.0 Å². The normalized spacial score (nSPS) is 15.7. The third-order valence-electron chi connectivity index (χ3n) is 3.21. The van der Waals surface area contributed by atoms with Crippen molar-refractivity contribution in [3.8, 4) is 0 Å². The Hall–Kier alpha value is -1.74. The fourth-order valence-electron chi connectivity index (χ4n) is 2.01. The summed E-state index contributed by atoms with van der Waals surface area (Å²) in [4.78, 5) is -0.695. The average Bonchev–Trinajstić information content (AvgIpc) is 2.53. The van der Waals surface area contributed by atoms with Gasteiger partial charge in [0.25, 0.3) is 10.1 Å². The van der Waals surface area contributed by atoms with Crippen LogP contribution in [0.15, 0.2) is 57.2 Å². The van der Waals surface area contributed by atoms with Crippen molar-refractivity contribution < 1.29 is 29.8 Å². The molecule has 0 radical (unpaired) electrons. The highest BCUT2D eigenvalue weighted by molar-refractivity contribution is 7.90. The second-order valence-corrected chi connectivity index (χ2v) is 10.2. The Morgan fingerprint density at radius 3 is 2.15 bits per heavy atom. The Kier molecular flexibility index (Phi) is 6.16. The van der Waals surface area contributed by atoms with Crippen molar-refractivity contribution in [3.05, 3.63) is 47.5 Å². The summed E-state index contributed by atoms with van der Waals surface area (Å²) in [7, 11) is -11.8. The van der Waals surface area contributed by atoms with Gasteiger partial charge in [-0.3, -0.25) is 4.55 Å². The Morgan fingerprint density at radius 1 is 1.07 bits per heavy atom. The van der Waals surface area contributed by atoms with Gasteiger partial charge in [0.15, 0.2) is 0 Å². The second kappa shape index (κ2) is 7.71. The molecule has 0 fully saturated rings. The molecule has 10 nitrogen and oxygen atoms in total. The maximum Gasteiger partial charge on any atom is 0.294 e. The zero-order chi connectivity index (χ0) is 20.5. The summed E-state index contributed by atoms with van der Waals surface area (Å²) < 4.78 is 77.1. The number of anilines is 1. The molecule has 0 bridgehead atoms. The van der Waals surface area contributed by atoms with Crippen LogP contribution in [-0.4, -0.2) is 36.5 Å². The van der Waals surface area contributed by atoms with Crippen molar-refractivity contribution in [1.29, 1.82) is 0 Å². The van der Waals surface area contributed by atoms with Crippen LogP contribution in [0.3, 0.4) is 0 Å². The number of hydrogen-bond acceptors (Lipinski definition) is 7. The van der Waals surface area contributed by atoms with Crippen LogP contribution < -0.4 is 15.2 Å². The van der Waals surface area contributed by atoms with E-state index in [2.05, 4.69) is 10.0 Å². The number of benzene rings is 2. The summed E-state index contributed by atoms with van der Waals surface area (Å²) in [5, 5.41) is 7.53. The van der Waals surface area contributed by atoms with E-state index in [1.807, 2.05) is 0 Å². The van der Waals surface area contributed by atoms with Crippen LogP contribution in [0.1, 0.15) is 0 Å². The van der Waals surface area contributed by atoms with Crippen molar-refractivity contribution in [2.24, 2.45) is 5.14 Å². The lowest BCUT2D eigenvalue weighted by Crippen LogP contribution is -2.34. The molecule has 14 heteroatoms. The minimum absolute atomic E-state index is 0.0143. The predicted molar refractivity (Wildman–Crippen MR) is 97.9 cm³/mol. The lowest BCUT2D eigenvalue weighted by molar-refractivity contribution is 0.483. The van der Waals surface area contributed by atoms with Gasteiger partial charge < -0.3 is 5.32 Å². The number of halogens is 1. The molecule has 3 rings (SSSR count). The van der Waals surface area contributed by atoms with Crippen LogP contribution in [0.2, 0.25) is 5.02 Å². The maximum absolute atomic E-state index is 11.6. The van der Waals surface area contributed by atoms with E-state index < -0.39 is 35.1 Å². The number of sulfonamides is 2. The summed E-state index contributed by atoms with van der Waals surface area (Å²) in [6, 6.07) is 9.57. The van der Waals surface area contributed by atoms with Gasteiger partial charge in [-0.25, -0.2) is 22.0 Å². The largest absolute Gasteiger partial charge is 0.370 e. The van der Waals surface area contributed by atoms with Gasteiger partial charge in [0.2, 0.25) is 20.0 Å². The van der Waals surface area contributed by atoms with Gasteiger partial charge in [-0.1, -0.05) is 29.8 Å². The van der Waals surface area contributed by atoms with Crippen molar-refractivity contribution >= 4 is 47.5 Å². The van der Waals surface area contributed by atoms with E-state index in [1.165, 1.54) is 18.2 Å². The molecule has 2 aromatic carbocycles. The molecule has 0 unspecified atom stereocenters. The molecule has 1 aliphatic heterocycles. The molecule has 1 aliphatic rings. The van der Waals surface area contributed by atoms with E-state index in [1.54, 1.807) is 18.2 Å². The van der Waals surface area contributed by atoms with Crippen molar-refractivity contribution in [3.63, 3.8) is 0 Å². The molecule has 0 saturated carbocycles. The highest BCUT2D eigenvalue weighted by atomic mass is 35.5. The van der Waals surface area contributed by atoms with E-state index in [4.69, 9.17) is 21.3 Å². The Bertz CT molecular complexity index is 1170. The van der Waals surface area contributed by atoms with Crippen LogP contribution in [0.4, 0.5) is 5.69 Å². The summed E-state index contributed by atoms with van der Waals surface area (Å²) in [6.45, 7) is 0.0143. The SMILES string of the molecule is NS(=O)(=O)c1cc2c(cc1Cl)NCNS2(=O)=O.O=S(=O)(O)c1ccccc1. The van der Waals surface area contributed by atoms with Crippen LogP contribution in [0.5, 0.6) is 0 Å². The topological polar surface area (TPSA) is 173 Å². The number of fused-ring (bicyclic) bond motifs is 1. The van der Waals surface area contributed by atoms with Gasteiger partial charge in [0.1, 0.15) is 9.79 Å². The highest BCUT2D eigenvalue weighted by Crippen LogP contribution is 2.32. The first-order valence-electron chi connectivity index (χ1n) is 6.95. The summed E-state index contributed by atoms with van der Waals surface area (Å²) in [6.07, 6.45) is 0. The molecule has 0 atom stereocenters. The quantitative estimate of drug-likeness (QED) is 0.476. The van der Waals surface area contributed by atoms with E-state index in [-0.39, 0.29) is 27.2 Å². The van der Waals surface area contributed by atoms with Crippen LogP contribution in [0.25, 0.3) is 0 Å². The number of nitrogens with two attached hydrogens (primary N) is 1. The number of nitrogens with one attached hydrogen (secondary N) is 2. The maximum atomic E-state index is 11.6. The van der Waals surface area contributed by atoms with Gasteiger partial charge in [0, 0.05) is 0 Å². The van der Waals surface area contributed by atoms with Gasteiger partial charge >= 0.3 is 0 Å². The molecule has 0 amide bonds. The third kappa shape index (κ3) is 5.38. The molecule has 148 valence electrons. The van der Waals surface area contributed by atoms with Gasteiger partial charge in [-0.05, 0) is 24.3 Å². The minimum atomic E-state index is -4.07. The Morgan fingerprint density at radius 2 is 1.67 bits per heavy atom. The lowest BCUT2D eigenvalue weighted by atomic mass is 10.3. The van der Waals surface area contributed by atoms with E-state index >= 15 is 0 Å². The third-order valence-corrected chi connectivity index (χ3v) is 6.90. The number of rotatable bonds is 2. The number of hydrogen-bond donors (Lipinski definition) is 4. The lowest BCUT2D eigenvalue weighted by Gasteiger charge is -2.20. The molecule has 5 N–H and O–H groups in total. The van der Waals surface area contributed by atoms with E-state index in [0.29, 0.717) is 0 Å². The molecule has 2 aromatic rings. The van der Waals surface area contributed by atoms with E-state index in [9.17, 15) is 25.3 Å². The van der Waals surface area contributed by atoms with Gasteiger partial charge in [0.05, 0.1) is 22.3 Å². The summed E-state index contributed by atoms with van der Waals surface area (Å²) in [5.74, 6) is 0. The minimum Gasteiger partial charge on any atom is -0.370 e. The molecular formula is C13H14ClN3O7S3. The van der Waals surface area contributed by atoms with Gasteiger partial charge in [-0.15, -0.1) is 0 Å². The standard InChI is InChI=1S/C7H8ClN3O4S2.C6H6O3S/c8-4-1-5-7(2-6(4)16(9,12)13)17(14,15)11-3-10-5;7-10(8,9)6-4-2-1-3-5-6/h1-2,10-11H,3H2,(H2,9,12,13);1-5H,(H,7,8,9). The zero-order valence-corrected chi connectivity index (χ0v) is 16.5. The molecule has 0 aliphatic carbocycles. The van der Waals surface area contributed by atoms with Crippen LogP contribution in [-0.2, 0) is 30.2 Å². The average molecular weight is 456 g/mol. The first kappa shape index (κ1) is 21.6. The fourth-order valence-corrected chi connectivity index (χ4v) is 4.80. The molecule has 27 heavy (non-hydrogen) atoms. The monoisotopic (exact) mass is 455 g/mol. The Labute approximate surface area is 161 Å². The molecule has 0 aromatic heterocycles. The molecule has 0 spiro atoms. The summed E-state index contributed by atoms with van der Waals surface area (Å²) >= 11 is 5.72. The van der Waals surface area contributed by atoms with E-state index in [0.717, 1.165) is 6.07 Å². The van der Waals surface area contributed by atoms with Crippen LogP contribution >= 0.6 is 11.6 Å². The first-order valence-corrected chi connectivity index (χ1v) is 11.8.